The minimum absolute atomic E-state index is 0.123. The fourth-order valence-corrected chi connectivity index (χ4v) is 2.90. The Morgan fingerprint density at radius 3 is 2.39 bits per heavy atom. The fourth-order valence-electron chi connectivity index (χ4n) is 2.90. The normalized spacial score (nSPS) is 11.5. The van der Waals surface area contributed by atoms with Gasteiger partial charge in [-0.05, 0) is 49.4 Å². The van der Waals surface area contributed by atoms with Crippen LogP contribution in [0.1, 0.15) is 39.4 Å². The fraction of sp³-hybridized carbons (Fsp3) is 0.182. The summed E-state index contributed by atoms with van der Waals surface area (Å²) in [6, 6.07) is 17.5. The van der Waals surface area contributed by atoms with Gasteiger partial charge in [0.1, 0.15) is 5.75 Å². The maximum Gasteiger partial charge on any atom is 0.291 e. The first kappa shape index (κ1) is 19.2. The Kier molecular flexibility index (Phi) is 5.79. The Balaban J connectivity index is 1.70. The molecule has 0 fully saturated rings. The van der Waals surface area contributed by atoms with Crippen molar-refractivity contribution >= 4 is 17.5 Å². The number of ether oxygens (including phenoxy) is 1. The summed E-state index contributed by atoms with van der Waals surface area (Å²) in [7, 11) is 3.37. The van der Waals surface area contributed by atoms with Crippen LogP contribution >= 0.6 is 0 Å². The highest BCUT2D eigenvalue weighted by atomic mass is 16.5. The summed E-state index contributed by atoms with van der Waals surface area (Å²) in [5.41, 5.74) is 2.04. The topological polar surface area (TPSA) is 71.8 Å². The number of hydrogen-bond donors (Lipinski definition) is 1. The second-order valence-corrected chi connectivity index (χ2v) is 6.34. The van der Waals surface area contributed by atoms with E-state index >= 15 is 0 Å². The van der Waals surface area contributed by atoms with Gasteiger partial charge in [0.15, 0.2) is 5.76 Å². The average molecular weight is 378 g/mol. The largest absolute Gasteiger partial charge is 0.496 e. The van der Waals surface area contributed by atoms with Gasteiger partial charge >= 0.3 is 0 Å². The van der Waals surface area contributed by atoms with Crippen LogP contribution in [0.2, 0.25) is 0 Å². The molecule has 2 amide bonds. The molecule has 0 saturated heterocycles. The second kappa shape index (κ2) is 8.43. The molecule has 0 bridgehead atoms. The van der Waals surface area contributed by atoms with Crippen molar-refractivity contribution in [1.29, 1.82) is 0 Å². The van der Waals surface area contributed by atoms with Crippen LogP contribution in [0.3, 0.4) is 0 Å². The molecule has 144 valence electrons. The predicted molar refractivity (Wildman–Crippen MR) is 107 cm³/mol. The van der Waals surface area contributed by atoms with Crippen LogP contribution in [0.5, 0.6) is 5.75 Å². The molecule has 2 aromatic carbocycles. The van der Waals surface area contributed by atoms with Crippen molar-refractivity contribution in [3.63, 3.8) is 0 Å². The van der Waals surface area contributed by atoms with E-state index < -0.39 is 0 Å². The monoisotopic (exact) mass is 378 g/mol. The van der Waals surface area contributed by atoms with E-state index in [1.807, 2.05) is 31.2 Å². The Morgan fingerprint density at radius 1 is 1.04 bits per heavy atom. The average Bonchev–Trinajstić information content (AvgIpc) is 3.28. The van der Waals surface area contributed by atoms with Gasteiger partial charge in [-0.15, -0.1) is 0 Å². The quantitative estimate of drug-likeness (QED) is 0.691. The van der Waals surface area contributed by atoms with E-state index in [9.17, 15) is 9.59 Å². The Bertz CT molecular complexity index is 949. The molecule has 0 radical (unpaired) electrons. The van der Waals surface area contributed by atoms with Crippen molar-refractivity contribution in [3.8, 4) is 5.75 Å². The van der Waals surface area contributed by atoms with Crippen molar-refractivity contribution in [3.05, 3.63) is 83.8 Å². The number of para-hydroxylation sites is 1. The molecule has 1 unspecified atom stereocenters. The molecule has 3 aromatic rings. The van der Waals surface area contributed by atoms with E-state index in [2.05, 4.69) is 5.32 Å². The van der Waals surface area contributed by atoms with Crippen LogP contribution in [0.15, 0.2) is 71.3 Å². The molecule has 0 spiro atoms. The van der Waals surface area contributed by atoms with Crippen molar-refractivity contribution in [2.45, 2.75) is 13.0 Å². The van der Waals surface area contributed by atoms with Crippen LogP contribution in [0.4, 0.5) is 5.69 Å². The summed E-state index contributed by atoms with van der Waals surface area (Å²) in [6.07, 6.45) is 1.44. The number of nitrogens with one attached hydrogen (secondary N) is 1. The lowest BCUT2D eigenvalue weighted by Crippen LogP contribution is -2.29. The molecule has 6 nitrogen and oxygen atoms in total. The molecular weight excluding hydrogens is 356 g/mol. The molecule has 0 aliphatic carbocycles. The Labute approximate surface area is 163 Å². The van der Waals surface area contributed by atoms with Crippen molar-refractivity contribution in [2.75, 3.05) is 19.5 Å². The first-order valence-corrected chi connectivity index (χ1v) is 8.86. The third-order valence-electron chi connectivity index (χ3n) is 4.62. The van der Waals surface area contributed by atoms with Crippen LogP contribution in [0, 0.1) is 0 Å². The van der Waals surface area contributed by atoms with Gasteiger partial charge in [-0.3, -0.25) is 9.59 Å². The lowest BCUT2D eigenvalue weighted by Gasteiger charge is -2.26. The molecule has 3 rings (SSSR count). The van der Waals surface area contributed by atoms with Gasteiger partial charge in [0.25, 0.3) is 11.8 Å². The summed E-state index contributed by atoms with van der Waals surface area (Å²) >= 11 is 0. The lowest BCUT2D eigenvalue weighted by atomic mass is 10.0. The van der Waals surface area contributed by atoms with Crippen LogP contribution in [0.25, 0.3) is 0 Å². The minimum atomic E-state index is -0.342. The number of anilines is 1. The number of hydrogen-bond acceptors (Lipinski definition) is 4. The van der Waals surface area contributed by atoms with Gasteiger partial charge in [-0.2, -0.15) is 0 Å². The first-order chi connectivity index (χ1) is 13.5. The Morgan fingerprint density at radius 2 is 1.75 bits per heavy atom. The zero-order valence-electron chi connectivity index (χ0n) is 16.0. The molecule has 1 aromatic heterocycles. The number of amides is 2. The van der Waals surface area contributed by atoms with Gasteiger partial charge in [0, 0.05) is 23.9 Å². The second-order valence-electron chi connectivity index (χ2n) is 6.34. The molecule has 6 heteroatoms. The third kappa shape index (κ3) is 4.06. The van der Waals surface area contributed by atoms with Crippen LogP contribution < -0.4 is 10.1 Å². The minimum Gasteiger partial charge on any atom is -0.496 e. The van der Waals surface area contributed by atoms with Gasteiger partial charge < -0.3 is 19.4 Å². The van der Waals surface area contributed by atoms with Crippen LogP contribution in [-0.4, -0.2) is 30.9 Å². The molecule has 0 aliphatic rings. The highest BCUT2D eigenvalue weighted by Crippen LogP contribution is 2.29. The number of furan rings is 1. The number of methoxy groups -OCH3 is 1. The van der Waals surface area contributed by atoms with E-state index in [4.69, 9.17) is 9.15 Å². The molecule has 1 heterocycles. The molecule has 28 heavy (non-hydrogen) atoms. The maximum atomic E-state index is 12.9. The molecule has 1 atom stereocenters. The zero-order chi connectivity index (χ0) is 20.1. The summed E-state index contributed by atoms with van der Waals surface area (Å²) < 4.78 is 10.5. The van der Waals surface area contributed by atoms with Gasteiger partial charge in [0.05, 0.1) is 19.4 Å². The highest BCUT2D eigenvalue weighted by molar-refractivity contribution is 6.02. The summed E-state index contributed by atoms with van der Waals surface area (Å²) in [4.78, 5) is 26.5. The summed E-state index contributed by atoms with van der Waals surface area (Å²) in [6.45, 7) is 1.95. The summed E-state index contributed by atoms with van der Waals surface area (Å²) in [5.74, 6) is 0.504. The number of carbonyl (C=O) groups is 2. The van der Waals surface area contributed by atoms with E-state index in [0.29, 0.717) is 11.3 Å². The summed E-state index contributed by atoms with van der Waals surface area (Å²) in [5, 5.41) is 2.73. The number of nitrogens with zero attached hydrogens (tertiary/aromatic N) is 1. The Hall–Kier alpha value is -3.54. The van der Waals surface area contributed by atoms with E-state index in [0.717, 1.165) is 11.3 Å². The zero-order valence-corrected chi connectivity index (χ0v) is 16.0. The van der Waals surface area contributed by atoms with E-state index in [1.165, 1.54) is 6.26 Å². The standard InChI is InChI=1S/C22H22N2O4/c1-15(18-7-4-5-8-19(18)27-3)24(2)22(26)16-10-12-17(13-11-16)23-21(25)20-9-6-14-28-20/h4-15H,1-3H3,(H,23,25). The first-order valence-electron chi connectivity index (χ1n) is 8.86. The number of benzene rings is 2. The number of carbonyl (C=O) groups excluding carboxylic acids is 2. The molecule has 0 aliphatic heterocycles. The molecular formula is C22H22N2O4. The highest BCUT2D eigenvalue weighted by Gasteiger charge is 2.21. The van der Waals surface area contributed by atoms with Gasteiger partial charge in [0.2, 0.25) is 0 Å². The third-order valence-corrected chi connectivity index (χ3v) is 4.62. The van der Waals surface area contributed by atoms with Gasteiger partial charge in [-0.25, -0.2) is 0 Å². The van der Waals surface area contributed by atoms with E-state index in [1.54, 1.807) is 55.5 Å². The van der Waals surface area contributed by atoms with Crippen molar-refractivity contribution < 1.29 is 18.7 Å². The smallest absolute Gasteiger partial charge is 0.291 e. The SMILES string of the molecule is COc1ccccc1C(C)N(C)C(=O)c1ccc(NC(=O)c2ccco2)cc1. The van der Waals surface area contributed by atoms with Crippen LogP contribution in [-0.2, 0) is 0 Å². The number of rotatable bonds is 6. The predicted octanol–water partition coefficient (Wildman–Crippen LogP) is 4.37. The maximum absolute atomic E-state index is 12.9. The van der Waals surface area contributed by atoms with Crippen molar-refractivity contribution in [2.24, 2.45) is 0 Å². The van der Waals surface area contributed by atoms with E-state index in [-0.39, 0.29) is 23.6 Å². The molecule has 0 saturated carbocycles. The molecule has 1 N–H and O–H groups in total. The lowest BCUT2D eigenvalue weighted by molar-refractivity contribution is 0.0741. The van der Waals surface area contributed by atoms with Crippen molar-refractivity contribution in [1.82, 2.24) is 4.90 Å². The van der Waals surface area contributed by atoms with Gasteiger partial charge in [-0.1, -0.05) is 18.2 Å².